The van der Waals surface area contributed by atoms with Crippen LogP contribution in [0.3, 0.4) is 0 Å². The Morgan fingerprint density at radius 3 is 2.72 bits per heavy atom. The molecule has 0 saturated heterocycles. The lowest BCUT2D eigenvalue weighted by Crippen LogP contribution is -2.35. The Kier molecular flexibility index (Phi) is 4.07. The molecule has 1 aliphatic rings. The maximum absolute atomic E-state index is 12.8. The summed E-state index contributed by atoms with van der Waals surface area (Å²) in [5.41, 5.74) is 3.26. The van der Waals surface area contributed by atoms with Crippen molar-refractivity contribution in [1.82, 2.24) is 9.88 Å². The molecule has 0 fully saturated rings. The number of aromatic hydroxyl groups is 1. The number of phenols is 1. The Bertz CT molecular complexity index is 1010. The van der Waals surface area contributed by atoms with E-state index in [1.807, 2.05) is 18.2 Å². The van der Waals surface area contributed by atoms with Crippen LogP contribution >= 0.6 is 34.8 Å². The lowest BCUT2D eigenvalue weighted by atomic mass is 10.0. The van der Waals surface area contributed by atoms with Crippen LogP contribution in [0.4, 0.5) is 0 Å². The first kappa shape index (κ1) is 16.6. The molecule has 0 unspecified atom stereocenters. The summed E-state index contributed by atoms with van der Waals surface area (Å²) in [7, 11) is 0. The number of amides is 1. The van der Waals surface area contributed by atoms with E-state index in [-0.39, 0.29) is 22.2 Å². The first-order valence-electron chi connectivity index (χ1n) is 7.70. The molecule has 0 spiro atoms. The Labute approximate surface area is 158 Å². The van der Waals surface area contributed by atoms with Gasteiger partial charge in [-0.3, -0.25) is 4.79 Å². The number of nitrogens with zero attached hydrogens (tertiary/aromatic N) is 1. The highest BCUT2D eigenvalue weighted by Crippen LogP contribution is 2.34. The van der Waals surface area contributed by atoms with Crippen LogP contribution < -0.4 is 0 Å². The molecule has 7 heteroatoms. The molecule has 0 saturated carbocycles. The summed E-state index contributed by atoms with van der Waals surface area (Å²) in [5.74, 6) is -0.547. The van der Waals surface area contributed by atoms with Crippen molar-refractivity contribution in [3.63, 3.8) is 0 Å². The fourth-order valence-electron chi connectivity index (χ4n) is 3.29. The first-order valence-corrected chi connectivity index (χ1v) is 8.83. The fraction of sp³-hybridized carbons (Fsp3) is 0.167. The molecule has 1 amide bonds. The van der Waals surface area contributed by atoms with E-state index >= 15 is 0 Å². The SMILES string of the molecule is O=C(c1cc(Cl)cc(Cl)c1O)N1CCc2c([nH]c3ccc(Cl)cc23)C1. The summed E-state index contributed by atoms with van der Waals surface area (Å²) >= 11 is 18.0. The van der Waals surface area contributed by atoms with E-state index in [0.29, 0.717) is 29.6 Å². The zero-order valence-electron chi connectivity index (χ0n) is 12.9. The van der Waals surface area contributed by atoms with Crippen molar-refractivity contribution in [2.45, 2.75) is 13.0 Å². The number of fused-ring (bicyclic) bond motifs is 3. The monoisotopic (exact) mass is 394 g/mol. The van der Waals surface area contributed by atoms with Gasteiger partial charge in [0.25, 0.3) is 5.91 Å². The third-order valence-electron chi connectivity index (χ3n) is 4.48. The van der Waals surface area contributed by atoms with Gasteiger partial charge in [-0.2, -0.15) is 0 Å². The van der Waals surface area contributed by atoms with Gasteiger partial charge < -0.3 is 15.0 Å². The molecular formula is C18H13Cl3N2O2. The van der Waals surface area contributed by atoms with Gasteiger partial charge in [0.2, 0.25) is 0 Å². The van der Waals surface area contributed by atoms with E-state index in [1.54, 1.807) is 4.90 Å². The molecule has 3 aromatic rings. The van der Waals surface area contributed by atoms with E-state index in [9.17, 15) is 9.90 Å². The molecule has 4 nitrogen and oxygen atoms in total. The van der Waals surface area contributed by atoms with Crippen LogP contribution in [-0.2, 0) is 13.0 Å². The van der Waals surface area contributed by atoms with Crippen molar-refractivity contribution in [1.29, 1.82) is 0 Å². The molecule has 25 heavy (non-hydrogen) atoms. The standard InChI is InChI=1S/C18H13Cl3N2O2/c19-9-1-2-15-12(5-9)11-3-4-23(8-16(11)22-15)18(25)13-6-10(20)7-14(21)17(13)24/h1-2,5-7,22,24H,3-4,8H2. The van der Waals surface area contributed by atoms with Crippen molar-refractivity contribution in [2.75, 3.05) is 6.54 Å². The molecule has 1 aliphatic heterocycles. The number of carbonyl (C=O) groups is 1. The summed E-state index contributed by atoms with van der Waals surface area (Å²) in [4.78, 5) is 17.8. The lowest BCUT2D eigenvalue weighted by molar-refractivity contribution is 0.0730. The van der Waals surface area contributed by atoms with E-state index in [1.165, 1.54) is 17.7 Å². The third kappa shape index (κ3) is 2.84. The van der Waals surface area contributed by atoms with Gasteiger partial charge >= 0.3 is 0 Å². The number of H-pyrrole nitrogens is 1. The van der Waals surface area contributed by atoms with Gasteiger partial charge in [0, 0.05) is 33.2 Å². The Morgan fingerprint density at radius 2 is 1.92 bits per heavy atom. The molecule has 0 radical (unpaired) electrons. The van der Waals surface area contributed by atoms with Crippen LogP contribution in [0.15, 0.2) is 30.3 Å². The molecule has 1 aromatic heterocycles. The third-order valence-corrected chi connectivity index (χ3v) is 5.22. The average Bonchev–Trinajstić information content (AvgIpc) is 2.94. The Balaban J connectivity index is 1.69. The second kappa shape index (κ2) is 6.13. The van der Waals surface area contributed by atoms with Crippen LogP contribution in [0.25, 0.3) is 10.9 Å². The number of benzene rings is 2. The quantitative estimate of drug-likeness (QED) is 0.607. The van der Waals surface area contributed by atoms with E-state index in [2.05, 4.69) is 4.98 Å². The molecule has 2 N–H and O–H groups in total. The zero-order valence-corrected chi connectivity index (χ0v) is 15.2. The minimum absolute atomic E-state index is 0.0637. The van der Waals surface area contributed by atoms with Crippen LogP contribution in [0.2, 0.25) is 15.1 Å². The first-order chi connectivity index (χ1) is 11.9. The van der Waals surface area contributed by atoms with E-state index < -0.39 is 0 Å². The van der Waals surface area contributed by atoms with Gasteiger partial charge in [-0.15, -0.1) is 0 Å². The van der Waals surface area contributed by atoms with Gasteiger partial charge in [-0.1, -0.05) is 34.8 Å². The number of halogens is 3. The average molecular weight is 396 g/mol. The largest absolute Gasteiger partial charge is 0.506 e. The molecule has 4 rings (SSSR count). The van der Waals surface area contributed by atoms with Crippen molar-refractivity contribution in [2.24, 2.45) is 0 Å². The normalized spacial score (nSPS) is 14.0. The highest BCUT2D eigenvalue weighted by molar-refractivity contribution is 6.36. The molecule has 128 valence electrons. The number of hydrogen-bond acceptors (Lipinski definition) is 2. The van der Waals surface area contributed by atoms with E-state index in [0.717, 1.165) is 16.6 Å². The fourth-order valence-corrected chi connectivity index (χ4v) is 3.95. The minimum atomic E-state index is -0.302. The number of aromatic nitrogens is 1. The summed E-state index contributed by atoms with van der Waals surface area (Å²) in [6.45, 7) is 0.957. The summed E-state index contributed by atoms with van der Waals surface area (Å²) in [6.07, 6.45) is 0.705. The molecule has 0 bridgehead atoms. The second-order valence-corrected chi connectivity index (χ2v) is 7.31. The predicted molar refractivity (Wildman–Crippen MR) is 99.9 cm³/mol. The van der Waals surface area contributed by atoms with Crippen molar-refractivity contribution >= 4 is 51.6 Å². The maximum Gasteiger partial charge on any atom is 0.258 e. The number of nitrogens with one attached hydrogen (secondary N) is 1. The minimum Gasteiger partial charge on any atom is -0.506 e. The Hall–Kier alpha value is -1.88. The van der Waals surface area contributed by atoms with Crippen molar-refractivity contribution in [3.05, 3.63) is 62.2 Å². The highest BCUT2D eigenvalue weighted by atomic mass is 35.5. The molecular weight excluding hydrogens is 383 g/mol. The van der Waals surface area contributed by atoms with Crippen molar-refractivity contribution < 1.29 is 9.90 Å². The number of hydrogen-bond donors (Lipinski definition) is 2. The van der Waals surface area contributed by atoms with Gasteiger partial charge in [-0.05, 0) is 42.3 Å². The van der Waals surface area contributed by atoms with Crippen LogP contribution in [-0.4, -0.2) is 27.4 Å². The number of phenolic OH excluding ortho intramolecular Hbond substituents is 1. The predicted octanol–water partition coefficient (Wildman–Crippen LogP) is 5.03. The molecule has 2 heterocycles. The Morgan fingerprint density at radius 1 is 1.12 bits per heavy atom. The smallest absolute Gasteiger partial charge is 0.258 e. The highest BCUT2D eigenvalue weighted by Gasteiger charge is 2.27. The van der Waals surface area contributed by atoms with E-state index in [4.69, 9.17) is 34.8 Å². The number of aromatic amines is 1. The molecule has 0 atom stereocenters. The number of carbonyl (C=O) groups excluding carboxylic acids is 1. The van der Waals surface area contributed by atoms with Crippen LogP contribution in [0.5, 0.6) is 5.75 Å². The summed E-state index contributed by atoms with van der Waals surface area (Å²) in [5, 5.41) is 12.2. The van der Waals surface area contributed by atoms with Gasteiger partial charge in [0.1, 0.15) is 5.75 Å². The zero-order chi connectivity index (χ0) is 17.7. The maximum atomic E-state index is 12.8. The topological polar surface area (TPSA) is 56.3 Å². The summed E-state index contributed by atoms with van der Waals surface area (Å²) < 4.78 is 0. The van der Waals surface area contributed by atoms with Crippen LogP contribution in [0.1, 0.15) is 21.6 Å². The van der Waals surface area contributed by atoms with Gasteiger partial charge in [0.15, 0.2) is 0 Å². The van der Waals surface area contributed by atoms with Gasteiger partial charge in [-0.25, -0.2) is 0 Å². The summed E-state index contributed by atoms with van der Waals surface area (Å²) in [6, 6.07) is 8.55. The van der Waals surface area contributed by atoms with Crippen LogP contribution in [0, 0.1) is 0 Å². The number of rotatable bonds is 1. The molecule has 0 aliphatic carbocycles. The van der Waals surface area contributed by atoms with Gasteiger partial charge in [0.05, 0.1) is 17.1 Å². The second-order valence-electron chi connectivity index (χ2n) is 6.03. The van der Waals surface area contributed by atoms with Crippen molar-refractivity contribution in [3.8, 4) is 5.75 Å². The lowest BCUT2D eigenvalue weighted by Gasteiger charge is -2.27. The molecule has 2 aromatic carbocycles.